The van der Waals surface area contributed by atoms with E-state index < -0.39 is 11.8 Å². The second kappa shape index (κ2) is 12.9. The maximum Gasteiger partial charge on any atom is 0.272 e. The molecule has 0 aromatic heterocycles. The number of anilines is 1. The van der Waals surface area contributed by atoms with Crippen molar-refractivity contribution in [3.8, 4) is 11.5 Å². The molecule has 0 aliphatic heterocycles. The summed E-state index contributed by atoms with van der Waals surface area (Å²) in [6.45, 7) is 4.18. The Balaban J connectivity index is 1.80. The smallest absolute Gasteiger partial charge is 0.272 e. The summed E-state index contributed by atoms with van der Waals surface area (Å²) in [4.78, 5) is 37.6. The number of carbonyl (C=O) groups is 3. The van der Waals surface area contributed by atoms with Gasteiger partial charge in [-0.15, -0.1) is 0 Å². The van der Waals surface area contributed by atoms with Gasteiger partial charge in [-0.05, 0) is 85.6 Å². The van der Waals surface area contributed by atoms with Crippen LogP contribution in [0.3, 0.4) is 0 Å². The molecule has 7 nitrogen and oxygen atoms in total. The lowest BCUT2D eigenvalue weighted by Gasteiger charge is -2.12. The zero-order valence-electron chi connectivity index (χ0n) is 20.7. The molecule has 2 N–H and O–H groups in total. The minimum absolute atomic E-state index is 0.0593. The highest BCUT2D eigenvalue weighted by Crippen LogP contribution is 2.17. The van der Waals surface area contributed by atoms with Crippen LogP contribution in [-0.2, 0) is 4.79 Å². The van der Waals surface area contributed by atoms with E-state index in [0.29, 0.717) is 40.5 Å². The third-order valence-corrected chi connectivity index (χ3v) is 5.35. The van der Waals surface area contributed by atoms with Crippen LogP contribution in [0.5, 0.6) is 11.5 Å². The molecule has 2 amide bonds. The second-order valence-electron chi connectivity index (χ2n) is 8.10. The van der Waals surface area contributed by atoms with E-state index in [4.69, 9.17) is 9.47 Å². The van der Waals surface area contributed by atoms with Crippen molar-refractivity contribution in [2.45, 2.75) is 26.7 Å². The molecule has 0 fully saturated rings. The molecule has 0 unspecified atom stereocenters. The molecule has 0 saturated heterocycles. The van der Waals surface area contributed by atoms with Gasteiger partial charge in [0.05, 0.1) is 13.7 Å². The Morgan fingerprint density at radius 2 is 1.44 bits per heavy atom. The van der Waals surface area contributed by atoms with Gasteiger partial charge in [0.2, 0.25) is 0 Å². The molecule has 0 heterocycles. The molecule has 186 valence electrons. The van der Waals surface area contributed by atoms with Crippen molar-refractivity contribution in [2.24, 2.45) is 0 Å². The summed E-state index contributed by atoms with van der Waals surface area (Å²) in [5.74, 6) is 0.350. The third-order valence-electron chi connectivity index (χ3n) is 5.35. The highest BCUT2D eigenvalue weighted by atomic mass is 16.5. The van der Waals surface area contributed by atoms with Crippen molar-refractivity contribution >= 4 is 29.4 Å². The summed E-state index contributed by atoms with van der Waals surface area (Å²) in [5, 5.41) is 5.48. The van der Waals surface area contributed by atoms with Gasteiger partial charge in [-0.3, -0.25) is 14.4 Å². The lowest BCUT2D eigenvalue weighted by molar-refractivity contribution is -0.113. The Morgan fingerprint density at radius 3 is 2.03 bits per heavy atom. The summed E-state index contributed by atoms with van der Waals surface area (Å²) < 4.78 is 10.8. The minimum Gasteiger partial charge on any atom is -0.497 e. The summed E-state index contributed by atoms with van der Waals surface area (Å²) in [7, 11) is 1.57. The van der Waals surface area contributed by atoms with Crippen LogP contribution in [0.2, 0.25) is 0 Å². The lowest BCUT2D eigenvalue weighted by atomic mass is 10.1. The zero-order valence-corrected chi connectivity index (χ0v) is 20.7. The van der Waals surface area contributed by atoms with Crippen LogP contribution in [0.1, 0.15) is 53.0 Å². The van der Waals surface area contributed by atoms with E-state index in [-0.39, 0.29) is 11.5 Å². The van der Waals surface area contributed by atoms with Gasteiger partial charge in [0, 0.05) is 16.8 Å². The van der Waals surface area contributed by atoms with Gasteiger partial charge in [-0.1, -0.05) is 25.5 Å². The molecular formula is C29H30N2O5. The van der Waals surface area contributed by atoms with E-state index in [9.17, 15) is 14.4 Å². The van der Waals surface area contributed by atoms with Gasteiger partial charge in [0.15, 0.2) is 5.78 Å². The van der Waals surface area contributed by atoms with Crippen molar-refractivity contribution < 1.29 is 23.9 Å². The highest BCUT2D eigenvalue weighted by molar-refractivity contribution is 6.10. The highest BCUT2D eigenvalue weighted by Gasteiger charge is 2.16. The molecule has 3 aromatic rings. The first-order valence-electron chi connectivity index (χ1n) is 11.7. The average molecular weight is 487 g/mol. The largest absolute Gasteiger partial charge is 0.497 e. The summed E-state index contributed by atoms with van der Waals surface area (Å²) in [5.41, 5.74) is 2.18. The topological polar surface area (TPSA) is 93.7 Å². The lowest BCUT2D eigenvalue weighted by Crippen LogP contribution is -2.30. The maximum atomic E-state index is 13.1. The van der Waals surface area contributed by atoms with Crippen LogP contribution >= 0.6 is 0 Å². The van der Waals surface area contributed by atoms with E-state index in [1.807, 2.05) is 0 Å². The summed E-state index contributed by atoms with van der Waals surface area (Å²) in [6, 6.07) is 20.4. The number of amides is 2. The van der Waals surface area contributed by atoms with E-state index in [1.54, 1.807) is 86.0 Å². The molecular weight excluding hydrogens is 456 g/mol. The van der Waals surface area contributed by atoms with Gasteiger partial charge in [0.1, 0.15) is 17.2 Å². The first-order valence-corrected chi connectivity index (χ1v) is 11.7. The Morgan fingerprint density at radius 1 is 0.833 bits per heavy atom. The molecule has 0 radical (unpaired) electrons. The van der Waals surface area contributed by atoms with Crippen LogP contribution in [0.4, 0.5) is 5.69 Å². The first kappa shape index (κ1) is 26.2. The Hall–Kier alpha value is -4.39. The molecule has 0 spiro atoms. The summed E-state index contributed by atoms with van der Waals surface area (Å²) in [6.07, 6.45) is 3.57. The van der Waals surface area contributed by atoms with Crippen LogP contribution < -0.4 is 20.1 Å². The number of hydrogen-bond donors (Lipinski definition) is 2. The van der Waals surface area contributed by atoms with E-state index in [1.165, 1.54) is 6.92 Å². The monoisotopic (exact) mass is 486 g/mol. The van der Waals surface area contributed by atoms with Crippen molar-refractivity contribution in [1.82, 2.24) is 5.32 Å². The van der Waals surface area contributed by atoms with E-state index in [2.05, 4.69) is 17.6 Å². The number of hydrogen-bond acceptors (Lipinski definition) is 5. The Labute approximate surface area is 211 Å². The number of ketones is 1. The maximum absolute atomic E-state index is 13.1. The van der Waals surface area contributed by atoms with E-state index >= 15 is 0 Å². The molecule has 0 aliphatic carbocycles. The van der Waals surface area contributed by atoms with Crippen LogP contribution in [0, 0.1) is 0 Å². The van der Waals surface area contributed by atoms with Gasteiger partial charge in [-0.25, -0.2) is 0 Å². The third kappa shape index (κ3) is 7.56. The van der Waals surface area contributed by atoms with Crippen molar-refractivity contribution in [1.29, 1.82) is 0 Å². The number of rotatable bonds is 11. The first-order chi connectivity index (χ1) is 17.4. The Bertz CT molecular complexity index is 1210. The molecule has 0 saturated carbocycles. The fourth-order valence-corrected chi connectivity index (χ4v) is 3.24. The number of ether oxygens (including phenoxy) is 2. The average Bonchev–Trinajstić information content (AvgIpc) is 2.89. The Kier molecular flexibility index (Phi) is 9.40. The molecule has 7 heteroatoms. The predicted octanol–water partition coefficient (Wildman–Crippen LogP) is 5.49. The van der Waals surface area contributed by atoms with Crippen LogP contribution in [-0.4, -0.2) is 31.3 Å². The van der Waals surface area contributed by atoms with Crippen molar-refractivity contribution in [3.05, 3.63) is 95.2 Å². The van der Waals surface area contributed by atoms with Gasteiger partial charge in [-0.2, -0.15) is 0 Å². The fraction of sp³-hybridized carbons (Fsp3) is 0.207. The zero-order chi connectivity index (χ0) is 25.9. The van der Waals surface area contributed by atoms with E-state index in [0.717, 1.165) is 12.8 Å². The quantitative estimate of drug-likeness (QED) is 0.212. The van der Waals surface area contributed by atoms with Gasteiger partial charge >= 0.3 is 0 Å². The molecule has 3 rings (SSSR count). The fourth-order valence-electron chi connectivity index (χ4n) is 3.24. The number of nitrogens with one attached hydrogen (secondary N) is 2. The number of unbranched alkanes of at least 4 members (excludes halogenated alkanes) is 1. The van der Waals surface area contributed by atoms with Crippen LogP contribution in [0.15, 0.2) is 78.5 Å². The molecule has 0 aliphatic rings. The SMILES string of the molecule is CCCCOc1ccc(C(=O)NC(=Cc2ccc(OC)cc2)C(=O)Nc2ccc(C(C)=O)cc2)cc1. The molecule has 0 bridgehead atoms. The second-order valence-corrected chi connectivity index (χ2v) is 8.10. The van der Waals surface area contributed by atoms with Crippen molar-refractivity contribution in [3.63, 3.8) is 0 Å². The number of Topliss-reactive ketones (excluding diaryl/α,β-unsaturated/α-hetero) is 1. The minimum atomic E-state index is -0.505. The molecule has 3 aromatic carbocycles. The van der Waals surface area contributed by atoms with Gasteiger partial charge < -0.3 is 20.1 Å². The number of benzene rings is 3. The number of carbonyl (C=O) groups excluding carboxylic acids is 3. The normalized spacial score (nSPS) is 10.9. The standard InChI is InChI=1S/C29H30N2O5/c1-4-5-18-36-26-16-10-23(11-17-26)28(33)31-27(19-21-6-14-25(35-3)15-7-21)29(34)30-24-12-8-22(9-13-24)20(2)32/h6-17,19H,4-5,18H2,1-3H3,(H,30,34)(H,31,33). The molecule has 0 atom stereocenters. The number of methoxy groups -OCH3 is 1. The molecule has 36 heavy (non-hydrogen) atoms. The summed E-state index contributed by atoms with van der Waals surface area (Å²) >= 11 is 0. The van der Waals surface area contributed by atoms with Gasteiger partial charge in [0.25, 0.3) is 11.8 Å². The van der Waals surface area contributed by atoms with Crippen molar-refractivity contribution in [2.75, 3.05) is 19.0 Å². The predicted molar refractivity (Wildman–Crippen MR) is 140 cm³/mol. The van der Waals surface area contributed by atoms with Crippen LogP contribution in [0.25, 0.3) is 6.08 Å².